The van der Waals surface area contributed by atoms with Crippen LogP contribution in [0.5, 0.6) is 0 Å². The number of aromatic nitrogens is 2. The molecule has 0 amide bonds. The predicted octanol–water partition coefficient (Wildman–Crippen LogP) is 13.6. The molecule has 2 nitrogen and oxygen atoms in total. The average Bonchev–Trinajstić information content (AvgIpc) is 3.86. The number of para-hydroxylation sites is 3. The van der Waals surface area contributed by atoms with E-state index in [9.17, 15) is 0 Å². The monoisotopic (exact) mass is 666 g/mol. The maximum Gasteiger partial charge on any atom is 0.0541 e. The summed E-state index contributed by atoms with van der Waals surface area (Å²) in [5, 5.41) is 7.72. The summed E-state index contributed by atoms with van der Waals surface area (Å²) in [5.74, 6) is 0. The Labute approximate surface area is 298 Å². The van der Waals surface area contributed by atoms with Crippen LogP contribution in [0.25, 0.3) is 97.4 Å². The first kappa shape index (κ1) is 28.4. The van der Waals surface area contributed by atoms with E-state index in [1.54, 1.807) is 0 Å². The highest BCUT2D eigenvalue weighted by molar-refractivity contribution is 7.26. The lowest BCUT2D eigenvalue weighted by atomic mass is 9.99. The fourth-order valence-electron chi connectivity index (χ4n) is 8.20. The van der Waals surface area contributed by atoms with Gasteiger partial charge in [-0.2, -0.15) is 0 Å². The molecule has 11 rings (SSSR count). The van der Waals surface area contributed by atoms with E-state index in [-0.39, 0.29) is 0 Å². The summed E-state index contributed by atoms with van der Waals surface area (Å²) in [5.41, 5.74) is 12.1. The van der Waals surface area contributed by atoms with Gasteiger partial charge in [0.25, 0.3) is 0 Å². The Hall–Kier alpha value is -6.42. The number of hydrogen-bond acceptors (Lipinski definition) is 1. The van der Waals surface area contributed by atoms with Crippen LogP contribution in [0, 0.1) is 0 Å². The largest absolute Gasteiger partial charge is 0.309 e. The lowest BCUT2D eigenvalue weighted by Gasteiger charge is -2.10. The van der Waals surface area contributed by atoms with Crippen molar-refractivity contribution in [3.05, 3.63) is 182 Å². The van der Waals surface area contributed by atoms with Crippen LogP contribution in [0.3, 0.4) is 0 Å². The lowest BCUT2D eigenvalue weighted by Crippen LogP contribution is -1.94. The number of rotatable bonds is 4. The number of nitrogens with zero attached hydrogens (tertiary/aromatic N) is 2. The van der Waals surface area contributed by atoms with Gasteiger partial charge in [-0.3, -0.25) is 0 Å². The Morgan fingerprint density at radius 1 is 0.314 bits per heavy atom. The van der Waals surface area contributed by atoms with Crippen molar-refractivity contribution in [2.24, 2.45) is 0 Å². The molecule has 0 spiro atoms. The minimum atomic E-state index is 1.16. The Morgan fingerprint density at radius 3 is 1.53 bits per heavy atom. The summed E-state index contributed by atoms with van der Waals surface area (Å²) >= 11 is 1.89. The molecule has 0 unspecified atom stereocenters. The van der Waals surface area contributed by atoms with Crippen LogP contribution in [-0.2, 0) is 0 Å². The third kappa shape index (κ3) is 4.29. The van der Waals surface area contributed by atoms with Crippen molar-refractivity contribution in [3.63, 3.8) is 0 Å². The van der Waals surface area contributed by atoms with Gasteiger partial charge in [-0.05, 0) is 89.0 Å². The van der Waals surface area contributed by atoms with Crippen molar-refractivity contribution in [2.75, 3.05) is 0 Å². The summed E-state index contributed by atoms with van der Waals surface area (Å²) in [6.07, 6.45) is 0. The SMILES string of the molecule is c1ccc(-n2c3ccc(-c4ccc(-n5c6ccccc6c6ccccc65)cc4)cc3c3cc(-c4cccc5c4sc4ccccc45)ccc32)cc1. The van der Waals surface area contributed by atoms with E-state index >= 15 is 0 Å². The molecule has 0 N–H and O–H groups in total. The molecule has 8 aromatic carbocycles. The smallest absolute Gasteiger partial charge is 0.0541 e. The summed E-state index contributed by atoms with van der Waals surface area (Å²) in [6.45, 7) is 0. The molecule has 3 aromatic heterocycles. The van der Waals surface area contributed by atoms with Gasteiger partial charge in [-0.25, -0.2) is 0 Å². The fraction of sp³-hybridized carbons (Fsp3) is 0. The number of benzene rings is 8. The van der Waals surface area contributed by atoms with Crippen LogP contribution >= 0.6 is 11.3 Å². The zero-order valence-corrected chi connectivity index (χ0v) is 28.4. The number of thiophene rings is 1. The highest BCUT2D eigenvalue weighted by atomic mass is 32.1. The van der Waals surface area contributed by atoms with Crippen molar-refractivity contribution in [1.82, 2.24) is 9.13 Å². The highest BCUT2D eigenvalue weighted by Crippen LogP contribution is 2.42. The van der Waals surface area contributed by atoms with Gasteiger partial charge in [-0.1, -0.05) is 115 Å². The second-order valence-corrected chi connectivity index (χ2v) is 14.4. The van der Waals surface area contributed by atoms with Crippen molar-refractivity contribution in [1.29, 1.82) is 0 Å². The molecular weight excluding hydrogens is 637 g/mol. The van der Waals surface area contributed by atoms with Gasteiger partial charge in [0.1, 0.15) is 0 Å². The Balaban J connectivity index is 1.09. The van der Waals surface area contributed by atoms with Gasteiger partial charge in [0, 0.05) is 53.1 Å². The molecule has 11 aromatic rings. The zero-order valence-electron chi connectivity index (χ0n) is 27.6. The van der Waals surface area contributed by atoms with Crippen LogP contribution in [0.4, 0.5) is 0 Å². The topological polar surface area (TPSA) is 9.86 Å². The van der Waals surface area contributed by atoms with Gasteiger partial charge in [0.05, 0.1) is 22.1 Å². The zero-order chi connectivity index (χ0) is 33.5. The molecule has 3 heteroatoms. The van der Waals surface area contributed by atoms with Crippen molar-refractivity contribution in [2.45, 2.75) is 0 Å². The molecule has 3 heterocycles. The first-order chi connectivity index (χ1) is 25.3. The molecule has 0 radical (unpaired) electrons. The van der Waals surface area contributed by atoms with Crippen LogP contribution < -0.4 is 0 Å². The van der Waals surface area contributed by atoms with Gasteiger partial charge in [-0.15, -0.1) is 11.3 Å². The predicted molar refractivity (Wildman–Crippen MR) is 219 cm³/mol. The molecule has 0 fully saturated rings. The van der Waals surface area contributed by atoms with E-state index < -0.39 is 0 Å². The van der Waals surface area contributed by atoms with E-state index in [2.05, 4.69) is 191 Å². The molecule has 0 aliphatic carbocycles. The van der Waals surface area contributed by atoms with Crippen molar-refractivity contribution < 1.29 is 0 Å². The standard InChI is InChI=1S/C48H30N2S/c1-2-11-34(12-3-1)49-45-27-23-32(31-21-25-35(26-22-31)50-43-18-7-4-13-37(43)38-14-5-8-19-44(38)50)29-41(45)42-30-33(24-28-46(42)49)36-16-10-17-40-39-15-6-9-20-47(39)51-48(36)40/h1-30H. The maximum absolute atomic E-state index is 2.41. The van der Waals surface area contributed by atoms with E-state index in [1.165, 1.54) is 91.7 Å². The average molecular weight is 667 g/mol. The third-order valence-electron chi connectivity index (χ3n) is 10.5. The second kappa shape index (κ2) is 11.0. The highest BCUT2D eigenvalue weighted by Gasteiger charge is 2.17. The quantitative estimate of drug-likeness (QED) is 0.177. The molecule has 0 aliphatic rings. The van der Waals surface area contributed by atoms with Crippen LogP contribution in [0.1, 0.15) is 0 Å². The minimum absolute atomic E-state index is 1.16. The normalized spacial score (nSPS) is 11.9. The van der Waals surface area contributed by atoms with Crippen LogP contribution in [0.15, 0.2) is 182 Å². The van der Waals surface area contributed by atoms with E-state index in [1.807, 2.05) is 11.3 Å². The second-order valence-electron chi connectivity index (χ2n) is 13.3. The molecule has 238 valence electrons. The summed E-state index contributed by atoms with van der Waals surface area (Å²) in [6, 6.07) is 66.6. The van der Waals surface area contributed by atoms with Crippen LogP contribution in [0.2, 0.25) is 0 Å². The van der Waals surface area contributed by atoms with Crippen LogP contribution in [-0.4, -0.2) is 9.13 Å². The van der Waals surface area contributed by atoms with Gasteiger partial charge >= 0.3 is 0 Å². The first-order valence-electron chi connectivity index (χ1n) is 17.4. The Morgan fingerprint density at radius 2 is 0.824 bits per heavy atom. The molecule has 0 atom stereocenters. The molecule has 51 heavy (non-hydrogen) atoms. The lowest BCUT2D eigenvalue weighted by molar-refractivity contribution is 1.18. The minimum Gasteiger partial charge on any atom is -0.309 e. The van der Waals surface area contributed by atoms with Gasteiger partial charge < -0.3 is 9.13 Å². The molecule has 0 bridgehead atoms. The summed E-state index contributed by atoms with van der Waals surface area (Å²) < 4.78 is 7.46. The summed E-state index contributed by atoms with van der Waals surface area (Å²) in [7, 11) is 0. The third-order valence-corrected chi connectivity index (χ3v) is 11.8. The van der Waals surface area contributed by atoms with Gasteiger partial charge in [0.2, 0.25) is 0 Å². The van der Waals surface area contributed by atoms with Crippen molar-refractivity contribution >= 4 is 75.1 Å². The fourth-order valence-corrected chi connectivity index (χ4v) is 9.44. The number of fused-ring (bicyclic) bond motifs is 9. The maximum atomic E-state index is 2.41. The molecular formula is C48H30N2S. The van der Waals surface area contributed by atoms with E-state index in [4.69, 9.17) is 0 Å². The first-order valence-corrected chi connectivity index (χ1v) is 18.3. The Kier molecular flexibility index (Phi) is 6.16. The number of hydrogen-bond donors (Lipinski definition) is 0. The Bertz CT molecular complexity index is 3070. The molecule has 0 saturated heterocycles. The van der Waals surface area contributed by atoms with E-state index in [0.717, 1.165) is 5.69 Å². The van der Waals surface area contributed by atoms with E-state index in [0.29, 0.717) is 0 Å². The summed E-state index contributed by atoms with van der Waals surface area (Å²) in [4.78, 5) is 0. The van der Waals surface area contributed by atoms with Gasteiger partial charge in [0.15, 0.2) is 0 Å². The molecule has 0 saturated carbocycles. The molecule has 0 aliphatic heterocycles. The van der Waals surface area contributed by atoms with Crippen molar-refractivity contribution in [3.8, 4) is 33.6 Å².